The summed E-state index contributed by atoms with van der Waals surface area (Å²) >= 11 is 0. The molecule has 27 heavy (non-hydrogen) atoms. The van der Waals surface area contributed by atoms with Gasteiger partial charge in [-0.15, -0.1) is 0 Å². The van der Waals surface area contributed by atoms with Crippen LogP contribution in [0.15, 0.2) is 53.0 Å². The number of hydrogen-bond donors (Lipinski definition) is 1. The highest BCUT2D eigenvalue weighted by Gasteiger charge is 2.36. The number of piperidine rings is 1. The summed E-state index contributed by atoms with van der Waals surface area (Å²) in [5.41, 5.74) is 1.35. The molecule has 1 saturated heterocycles. The molecule has 1 aromatic heterocycles. The summed E-state index contributed by atoms with van der Waals surface area (Å²) in [6.45, 7) is 5.26. The number of nitrogens with zero attached hydrogens (tertiary/aromatic N) is 1. The molecule has 4 nitrogen and oxygen atoms in total. The van der Waals surface area contributed by atoms with Gasteiger partial charge >= 0.3 is 0 Å². The molecule has 2 heterocycles. The van der Waals surface area contributed by atoms with Crippen LogP contribution in [0, 0.1) is 5.92 Å². The zero-order valence-electron chi connectivity index (χ0n) is 15.9. The van der Waals surface area contributed by atoms with Gasteiger partial charge in [0.15, 0.2) is 0 Å². The van der Waals surface area contributed by atoms with Crippen LogP contribution >= 0.6 is 0 Å². The smallest absolute Gasteiger partial charge is 0.244 e. The van der Waals surface area contributed by atoms with E-state index in [-0.39, 0.29) is 11.9 Å². The Morgan fingerprint density at radius 3 is 2.63 bits per heavy atom. The molecular formula is C23H28N2O2. The fourth-order valence-corrected chi connectivity index (χ4v) is 3.86. The van der Waals surface area contributed by atoms with E-state index in [0.717, 1.165) is 49.9 Å². The Morgan fingerprint density at radius 1 is 1.19 bits per heavy atom. The lowest BCUT2D eigenvalue weighted by Gasteiger charge is -2.32. The number of amides is 1. The lowest BCUT2D eigenvalue weighted by atomic mass is 10.0. The normalized spacial score (nSPS) is 23.6. The maximum absolute atomic E-state index is 12.2. The van der Waals surface area contributed by atoms with E-state index in [9.17, 15) is 4.79 Å². The minimum Gasteiger partial charge on any atom is -0.461 e. The fourth-order valence-electron chi connectivity index (χ4n) is 3.86. The van der Waals surface area contributed by atoms with Crippen molar-refractivity contribution in [2.45, 2.75) is 44.7 Å². The fraction of sp³-hybridized carbons (Fsp3) is 0.435. The van der Waals surface area contributed by atoms with Crippen LogP contribution in [0.2, 0.25) is 0 Å². The van der Waals surface area contributed by atoms with Crippen LogP contribution in [0.5, 0.6) is 0 Å². The van der Waals surface area contributed by atoms with E-state index in [1.165, 1.54) is 12.0 Å². The second-order valence-electron chi connectivity index (χ2n) is 7.94. The quantitative estimate of drug-likeness (QED) is 0.782. The molecule has 1 aliphatic heterocycles. The highest BCUT2D eigenvalue weighted by molar-refractivity contribution is 5.91. The second-order valence-corrected chi connectivity index (χ2v) is 7.94. The van der Waals surface area contributed by atoms with Gasteiger partial charge in [0.25, 0.3) is 0 Å². The zero-order valence-corrected chi connectivity index (χ0v) is 15.9. The Kier molecular flexibility index (Phi) is 5.44. The van der Waals surface area contributed by atoms with Gasteiger partial charge in [0.2, 0.25) is 5.91 Å². The number of nitrogens with one attached hydrogen (secondary N) is 1. The largest absolute Gasteiger partial charge is 0.461 e. The molecule has 1 saturated carbocycles. The van der Waals surface area contributed by atoms with E-state index >= 15 is 0 Å². The molecule has 1 N–H and O–H groups in total. The third-order valence-corrected chi connectivity index (χ3v) is 5.70. The SMILES string of the molecule is CC1CC1c1ccc(/C=C/C(=O)NC2CCN(Cc3ccccc3)CC2)o1. The molecule has 4 heteroatoms. The molecule has 1 aromatic carbocycles. The van der Waals surface area contributed by atoms with Crippen molar-refractivity contribution in [1.82, 2.24) is 10.2 Å². The molecule has 0 spiro atoms. The van der Waals surface area contributed by atoms with Crippen LogP contribution in [0.4, 0.5) is 0 Å². The van der Waals surface area contributed by atoms with Gasteiger partial charge in [0, 0.05) is 37.7 Å². The first kappa shape index (κ1) is 18.1. The summed E-state index contributed by atoms with van der Waals surface area (Å²) in [4.78, 5) is 14.7. The number of furan rings is 1. The van der Waals surface area contributed by atoms with E-state index in [1.807, 2.05) is 12.1 Å². The minimum absolute atomic E-state index is 0.0331. The topological polar surface area (TPSA) is 45.5 Å². The average molecular weight is 364 g/mol. The van der Waals surface area contributed by atoms with Gasteiger partial charge in [-0.25, -0.2) is 0 Å². The summed E-state index contributed by atoms with van der Waals surface area (Å²) in [6, 6.07) is 14.8. The molecular weight excluding hydrogens is 336 g/mol. The van der Waals surface area contributed by atoms with Gasteiger partial charge in [-0.3, -0.25) is 9.69 Å². The number of rotatable bonds is 6. The first-order chi connectivity index (χ1) is 13.2. The highest BCUT2D eigenvalue weighted by atomic mass is 16.3. The van der Waals surface area contributed by atoms with Crippen molar-refractivity contribution >= 4 is 12.0 Å². The predicted octanol–water partition coefficient (Wildman–Crippen LogP) is 4.20. The third-order valence-electron chi connectivity index (χ3n) is 5.70. The second kappa shape index (κ2) is 8.13. The lowest BCUT2D eigenvalue weighted by molar-refractivity contribution is -0.117. The number of carbonyl (C=O) groups excluding carboxylic acids is 1. The Bertz CT molecular complexity index is 788. The average Bonchev–Trinajstić information content (AvgIpc) is 3.23. The van der Waals surface area contributed by atoms with E-state index in [2.05, 4.69) is 47.5 Å². The van der Waals surface area contributed by atoms with E-state index in [1.54, 1.807) is 12.2 Å². The van der Waals surface area contributed by atoms with Crippen LogP contribution in [-0.4, -0.2) is 29.9 Å². The van der Waals surface area contributed by atoms with Gasteiger partial charge in [-0.1, -0.05) is 37.3 Å². The predicted molar refractivity (Wildman–Crippen MR) is 107 cm³/mol. The Balaban J connectivity index is 1.20. The van der Waals surface area contributed by atoms with Gasteiger partial charge in [-0.2, -0.15) is 0 Å². The van der Waals surface area contributed by atoms with Gasteiger partial charge in [0.05, 0.1) is 0 Å². The van der Waals surface area contributed by atoms with Crippen molar-refractivity contribution in [3.63, 3.8) is 0 Å². The molecule has 2 atom stereocenters. The van der Waals surface area contributed by atoms with Gasteiger partial charge in [0.1, 0.15) is 11.5 Å². The number of carbonyl (C=O) groups is 1. The van der Waals surface area contributed by atoms with Gasteiger partial charge in [-0.05, 0) is 49.0 Å². The van der Waals surface area contributed by atoms with E-state index in [0.29, 0.717) is 5.92 Å². The van der Waals surface area contributed by atoms with Crippen LogP contribution in [-0.2, 0) is 11.3 Å². The monoisotopic (exact) mass is 364 g/mol. The van der Waals surface area contributed by atoms with Crippen LogP contribution in [0.3, 0.4) is 0 Å². The molecule has 2 aromatic rings. The maximum Gasteiger partial charge on any atom is 0.244 e. The molecule has 4 rings (SSSR count). The van der Waals surface area contributed by atoms with E-state index in [4.69, 9.17) is 4.42 Å². The Morgan fingerprint density at radius 2 is 1.93 bits per heavy atom. The first-order valence-corrected chi connectivity index (χ1v) is 10.0. The maximum atomic E-state index is 12.2. The number of likely N-dealkylation sites (tertiary alicyclic amines) is 1. The van der Waals surface area contributed by atoms with Crippen molar-refractivity contribution in [3.05, 3.63) is 65.6 Å². The Labute approximate surface area is 161 Å². The van der Waals surface area contributed by atoms with Crippen LogP contribution in [0.1, 0.15) is 49.2 Å². The molecule has 0 bridgehead atoms. The van der Waals surface area contributed by atoms with Crippen molar-refractivity contribution in [2.24, 2.45) is 5.92 Å². The standard InChI is InChI=1S/C23H28N2O2/c1-17-15-21(17)22-9-7-20(27-22)8-10-23(26)24-19-11-13-25(14-12-19)16-18-5-3-2-4-6-18/h2-10,17,19,21H,11-16H2,1H3,(H,24,26)/b10-8+. The minimum atomic E-state index is -0.0331. The van der Waals surface area contributed by atoms with Crippen LogP contribution in [0.25, 0.3) is 6.08 Å². The molecule has 1 amide bonds. The number of hydrogen-bond acceptors (Lipinski definition) is 3. The number of benzene rings is 1. The third kappa shape index (κ3) is 4.89. The molecule has 142 valence electrons. The summed E-state index contributed by atoms with van der Waals surface area (Å²) in [5.74, 6) is 3.07. The first-order valence-electron chi connectivity index (χ1n) is 10.0. The molecule has 1 aliphatic carbocycles. The van der Waals surface area contributed by atoms with E-state index < -0.39 is 0 Å². The summed E-state index contributed by atoms with van der Waals surface area (Å²) < 4.78 is 5.82. The highest BCUT2D eigenvalue weighted by Crippen LogP contribution is 2.47. The summed E-state index contributed by atoms with van der Waals surface area (Å²) in [7, 11) is 0. The molecule has 0 radical (unpaired) electrons. The molecule has 2 fully saturated rings. The Hall–Kier alpha value is -2.33. The summed E-state index contributed by atoms with van der Waals surface area (Å²) in [6.07, 6.45) is 6.57. The molecule has 2 aliphatic rings. The van der Waals surface area contributed by atoms with Gasteiger partial charge < -0.3 is 9.73 Å². The van der Waals surface area contributed by atoms with Crippen LogP contribution < -0.4 is 5.32 Å². The van der Waals surface area contributed by atoms with Crippen molar-refractivity contribution in [2.75, 3.05) is 13.1 Å². The van der Waals surface area contributed by atoms with Crippen molar-refractivity contribution in [1.29, 1.82) is 0 Å². The van der Waals surface area contributed by atoms with Crippen molar-refractivity contribution in [3.8, 4) is 0 Å². The summed E-state index contributed by atoms with van der Waals surface area (Å²) in [5, 5.41) is 3.13. The molecule has 2 unspecified atom stereocenters. The lowest BCUT2D eigenvalue weighted by Crippen LogP contribution is -2.43. The van der Waals surface area contributed by atoms with Crippen molar-refractivity contribution < 1.29 is 9.21 Å². The zero-order chi connectivity index (χ0) is 18.6.